The summed E-state index contributed by atoms with van der Waals surface area (Å²) in [5, 5.41) is 1.09. The molecule has 3 aromatic rings. The van der Waals surface area contributed by atoms with Crippen molar-refractivity contribution in [2.45, 2.75) is 13.0 Å². The zero-order valence-electron chi connectivity index (χ0n) is 15.0. The number of nitrogens with zero attached hydrogens (tertiary/aromatic N) is 1. The van der Waals surface area contributed by atoms with Crippen molar-refractivity contribution >= 4 is 34.1 Å². The van der Waals surface area contributed by atoms with Gasteiger partial charge in [0, 0.05) is 24.0 Å². The highest BCUT2D eigenvalue weighted by atomic mass is 32.1. The summed E-state index contributed by atoms with van der Waals surface area (Å²) in [6, 6.07) is 16.1. The third kappa shape index (κ3) is 3.53. The topological polar surface area (TPSA) is 54.6 Å². The van der Waals surface area contributed by atoms with Gasteiger partial charge in [0.2, 0.25) is 0 Å². The van der Waals surface area contributed by atoms with Crippen molar-refractivity contribution in [3.8, 4) is 5.75 Å². The summed E-state index contributed by atoms with van der Waals surface area (Å²) in [4.78, 5) is 17.8. The highest BCUT2D eigenvalue weighted by Gasteiger charge is 2.25. The Morgan fingerprint density at radius 2 is 2.04 bits per heavy atom. The first kappa shape index (κ1) is 17.5. The summed E-state index contributed by atoms with van der Waals surface area (Å²) < 4.78 is 10.1. The number of hydrogen-bond donors (Lipinski definition) is 1. The van der Waals surface area contributed by atoms with Crippen molar-refractivity contribution in [1.29, 1.82) is 0 Å². The Bertz CT molecular complexity index is 997. The maximum absolute atomic E-state index is 11.3. The molecule has 0 radical (unpaired) electrons. The summed E-state index contributed by atoms with van der Waals surface area (Å²) in [5.41, 5.74) is 4.49. The van der Waals surface area contributed by atoms with E-state index in [0.29, 0.717) is 5.75 Å². The molecule has 0 unspecified atom stereocenters. The molecule has 1 aromatic heterocycles. The van der Waals surface area contributed by atoms with Crippen LogP contribution in [0.1, 0.15) is 16.8 Å². The molecule has 4 rings (SSSR count). The van der Waals surface area contributed by atoms with Crippen LogP contribution >= 0.6 is 12.2 Å². The van der Waals surface area contributed by atoms with Gasteiger partial charge in [-0.2, -0.15) is 0 Å². The Labute approximate surface area is 162 Å². The summed E-state index contributed by atoms with van der Waals surface area (Å²) in [6.07, 6.45) is 0.906. The van der Waals surface area contributed by atoms with E-state index in [-0.39, 0.29) is 6.61 Å². The summed E-state index contributed by atoms with van der Waals surface area (Å²) >= 11 is 5.76. The minimum absolute atomic E-state index is 0.0993. The SMILES string of the molecule is COC(=O)COc1ccc2[nH]c3c(c2c1)CCN(Cc1ccccc1)C3=S. The molecule has 0 aliphatic carbocycles. The minimum Gasteiger partial charge on any atom is -0.482 e. The van der Waals surface area contributed by atoms with Gasteiger partial charge < -0.3 is 19.4 Å². The number of aromatic nitrogens is 1. The molecule has 1 aliphatic rings. The van der Waals surface area contributed by atoms with Gasteiger partial charge in [-0.15, -0.1) is 0 Å². The fourth-order valence-electron chi connectivity index (χ4n) is 3.42. The van der Waals surface area contributed by atoms with Gasteiger partial charge in [0.15, 0.2) is 6.61 Å². The zero-order chi connectivity index (χ0) is 18.8. The minimum atomic E-state index is -0.399. The average Bonchev–Trinajstić information content (AvgIpc) is 3.08. The van der Waals surface area contributed by atoms with E-state index in [1.54, 1.807) is 0 Å². The van der Waals surface area contributed by atoms with Gasteiger partial charge in [0.05, 0.1) is 12.8 Å². The number of aromatic amines is 1. The molecule has 27 heavy (non-hydrogen) atoms. The third-order valence-electron chi connectivity index (χ3n) is 4.81. The second kappa shape index (κ2) is 7.40. The van der Waals surface area contributed by atoms with E-state index < -0.39 is 5.97 Å². The number of methoxy groups -OCH3 is 1. The lowest BCUT2D eigenvalue weighted by atomic mass is 10.0. The standard InChI is InChI=1S/C21H20N2O3S/c1-25-19(24)13-26-15-7-8-18-17(11-15)16-9-10-23(21(27)20(16)22-18)12-14-5-3-2-4-6-14/h2-8,11,22H,9-10,12-13H2,1H3. The molecule has 6 heteroatoms. The van der Waals surface area contributed by atoms with Gasteiger partial charge in [0.25, 0.3) is 0 Å². The van der Waals surface area contributed by atoms with Crippen LogP contribution in [0.25, 0.3) is 10.9 Å². The first-order chi connectivity index (χ1) is 13.2. The maximum Gasteiger partial charge on any atom is 0.343 e. The lowest BCUT2D eigenvalue weighted by Crippen LogP contribution is -2.36. The molecule has 1 aliphatic heterocycles. The number of thiocarbonyl (C=S) groups is 1. The quantitative estimate of drug-likeness (QED) is 0.543. The van der Waals surface area contributed by atoms with Crippen molar-refractivity contribution in [2.24, 2.45) is 0 Å². The number of carbonyl (C=O) groups excluding carboxylic acids is 1. The predicted octanol–water partition coefficient (Wildman–Crippen LogP) is 3.45. The molecule has 0 saturated heterocycles. The van der Waals surface area contributed by atoms with Crippen molar-refractivity contribution in [3.63, 3.8) is 0 Å². The van der Waals surface area contributed by atoms with Gasteiger partial charge in [-0.1, -0.05) is 42.5 Å². The van der Waals surface area contributed by atoms with E-state index in [9.17, 15) is 4.79 Å². The van der Waals surface area contributed by atoms with Crippen LogP contribution in [0.5, 0.6) is 5.75 Å². The number of ether oxygens (including phenoxy) is 2. The fraction of sp³-hybridized carbons (Fsp3) is 0.238. The summed E-state index contributed by atoms with van der Waals surface area (Å²) in [6.45, 7) is 1.58. The first-order valence-electron chi connectivity index (χ1n) is 8.83. The Hall–Kier alpha value is -2.86. The van der Waals surface area contributed by atoms with Crippen LogP contribution in [0.2, 0.25) is 0 Å². The van der Waals surface area contributed by atoms with Crippen molar-refractivity contribution in [2.75, 3.05) is 20.3 Å². The van der Waals surface area contributed by atoms with Crippen LogP contribution in [0.3, 0.4) is 0 Å². The third-order valence-corrected chi connectivity index (χ3v) is 5.27. The van der Waals surface area contributed by atoms with Gasteiger partial charge >= 0.3 is 5.97 Å². The molecule has 2 heterocycles. The molecule has 0 atom stereocenters. The first-order valence-corrected chi connectivity index (χ1v) is 9.24. The van der Waals surface area contributed by atoms with Crippen LogP contribution in [-0.4, -0.2) is 41.1 Å². The summed E-state index contributed by atoms with van der Waals surface area (Å²) in [7, 11) is 1.35. The largest absolute Gasteiger partial charge is 0.482 e. The molecule has 0 bridgehead atoms. The molecule has 1 N–H and O–H groups in total. The maximum atomic E-state index is 11.3. The highest BCUT2D eigenvalue weighted by Crippen LogP contribution is 2.31. The van der Waals surface area contributed by atoms with E-state index >= 15 is 0 Å². The second-order valence-corrected chi connectivity index (χ2v) is 6.90. The molecular weight excluding hydrogens is 360 g/mol. The van der Waals surface area contributed by atoms with Gasteiger partial charge in [0.1, 0.15) is 10.7 Å². The summed E-state index contributed by atoms with van der Waals surface area (Å²) in [5.74, 6) is 0.247. The number of carbonyl (C=O) groups is 1. The molecule has 0 saturated carbocycles. The number of fused-ring (bicyclic) bond motifs is 3. The molecule has 138 valence electrons. The Balaban J connectivity index is 1.58. The van der Waals surface area contributed by atoms with E-state index in [4.69, 9.17) is 17.0 Å². The van der Waals surface area contributed by atoms with Crippen LogP contribution in [-0.2, 0) is 22.5 Å². The number of H-pyrrole nitrogens is 1. The number of benzene rings is 2. The van der Waals surface area contributed by atoms with Gasteiger partial charge in [-0.25, -0.2) is 4.79 Å². The molecule has 5 nitrogen and oxygen atoms in total. The highest BCUT2D eigenvalue weighted by molar-refractivity contribution is 7.80. The Kier molecular flexibility index (Phi) is 4.81. The molecule has 0 spiro atoms. The Morgan fingerprint density at radius 3 is 2.81 bits per heavy atom. The van der Waals surface area contributed by atoms with Crippen LogP contribution in [0, 0.1) is 0 Å². The lowest BCUT2D eigenvalue weighted by molar-refractivity contribution is -0.142. The van der Waals surface area contributed by atoms with Crippen LogP contribution in [0.15, 0.2) is 48.5 Å². The van der Waals surface area contributed by atoms with Crippen LogP contribution < -0.4 is 4.74 Å². The van der Waals surface area contributed by atoms with Crippen molar-refractivity contribution in [1.82, 2.24) is 9.88 Å². The molecular formula is C21H20N2O3S. The number of hydrogen-bond acceptors (Lipinski definition) is 4. The fourth-order valence-corrected chi connectivity index (χ4v) is 3.75. The van der Waals surface area contributed by atoms with Gasteiger partial charge in [-0.3, -0.25) is 0 Å². The number of esters is 1. The Morgan fingerprint density at radius 1 is 1.22 bits per heavy atom. The van der Waals surface area contributed by atoms with Gasteiger partial charge in [-0.05, 0) is 35.7 Å². The smallest absolute Gasteiger partial charge is 0.343 e. The molecule has 2 aromatic carbocycles. The normalized spacial score (nSPS) is 13.5. The van der Waals surface area contributed by atoms with E-state index in [1.165, 1.54) is 18.2 Å². The van der Waals surface area contributed by atoms with Crippen molar-refractivity contribution < 1.29 is 14.3 Å². The van der Waals surface area contributed by atoms with Crippen molar-refractivity contribution in [3.05, 3.63) is 65.4 Å². The predicted molar refractivity (Wildman–Crippen MR) is 108 cm³/mol. The van der Waals surface area contributed by atoms with E-state index in [2.05, 4.69) is 26.8 Å². The average molecular weight is 380 g/mol. The van der Waals surface area contributed by atoms with Crippen LogP contribution in [0.4, 0.5) is 0 Å². The van der Waals surface area contributed by atoms with E-state index in [0.717, 1.165) is 41.1 Å². The molecule has 0 amide bonds. The second-order valence-electron chi connectivity index (χ2n) is 6.51. The lowest BCUT2D eigenvalue weighted by Gasteiger charge is -2.29. The number of rotatable bonds is 5. The van der Waals surface area contributed by atoms with E-state index in [1.807, 2.05) is 36.4 Å². The number of nitrogens with one attached hydrogen (secondary N) is 1. The monoisotopic (exact) mass is 380 g/mol. The zero-order valence-corrected chi connectivity index (χ0v) is 15.8. The molecule has 0 fully saturated rings.